The van der Waals surface area contributed by atoms with Gasteiger partial charge in [-0.2, -0.15) is 12.6 Å². The Hall–Kier alpha value is -2.06. The van der Waals surface area contributed by atoms with Gasteiger partial charge >= 0.3 is 0 Å². The molecule has 98 valence electrons. The van der Waals surface area contributed by atoms with Gasteiger partial charge in [-0.25, -0.2) is 0 Å². The molecule has 1 nitrogen and oxygen atoms in total. The summed E-state index contributed by atoms with van der Waals surface area (Å²) in [5, 5.41) is 0. The third-order valence-electron chi connectivity index (χ3n) is 3.48. The Morgan fingerprint density at radius 1 is 0.600 bits per heavy atom. The molecule has 2 heteroatoms. The number of aromatic nitrogens is 1. The standard InChI is InChI=1S/C18H15NS/c20-18(15-7-3-1-4-8-15,16-9-5-2-6-10-16)17-11-13-19-14-12-17/h1-14,20H. The summed E-state index contributed by atoms with van der Waals surface area (Å²) in [7, 11) is 0. The van der Waals surface area contributed by atoms with Gasteiger partial charge in [0.25, 0.3) is 0 Å². The fraction of sp³-hybridized carbons (Fsp3) is 0.0556. The highest BCUT2D eigenvalue weighted by atomic mass is 32.1. The van der Waals surface area contributed by atoms with Crippen LogP contribution in [0.3, 0.4) is 0 Å². The van der Waals surface area contributed by atoms with Crippen LogP contribution in [0.2, 0.25) is 0 Å². The van der Waals surface area contributed by atoms with E-state index in [1.807, 2.05) is 60.9 Å². The zero-order valence-electron chi connectivity index (χ0n) is 11.0. The molecule has 1 aromatic heterocycles. The van der Waals surface area contributed by atoms with Crippen LogP contribution in [0, 0.1) is 0 Å². The Kier molecular flexibility index (Phi) is 3.57. The summed E-state index contributed by atoms with van der Waals surface area (Å²) in [5.74, 6) is 0. The number of benzene rings is 2. The Morgan fingerprint density at radius 3 is 1.45 bits per heavy atom. The van der Waals surface area contributed by atoms with Gasteiger partial charge in [-0.15, -0.1) is 0 Å². The summed E-state index contributed by atoms with van der Waals surface area (Å²) in [6, 6.07) is 24.7. The van der Waals surface area contributed by atoms with E-state index in [0.717, 1.165) is 16.7 Å². The average Bonchev–Trinajstić information content (AvgIpc) is 2.56. The molecule has 0 aliphatic carbocycles. The molecule has 0 aliphatic rings. The predicted molar refractivity (Wildman–Crippen MR) is 86.0 cm³/mol. The second kappa shape index (κ2) is 5.51. The molecule has 1 heterocycles. The van der Waals surface area contributed by atoms with Crippen LogP contribution in [0.1, 0.15) is 16.7 Å². The Balaban J connectivity index is 2.24. The van der Waals surface area contributed by atoms with E-state index in [-0.39, 0.29) is 0 Å². The number of thiol groups is 1. The lowest BCUT2D eigenvalue weighted by atomic mass is 9.84. The number of hydrogen-bond acceptors (Lipinski definition) is 2. The van der Waals surface area contributed by atoms with Crippen LogP contribution in [-0.4, -0.2) is 4.98 Å². The summed E-state index contributed by atoms with van der Waals surface area (Å²) in [6.07, 6.45) is 3.62. The van der Waals surface area contributed by atoms with E-state index in [1.165, 1.54) is 0 Å². The van der Waals surface area contributed by atoms with Gasteiger partial charge in [-0.05, 0) is 28.8 Å². The summed E-state index contributed by atoms with van der Waals surface area (Å²) in [6.45, 7) is 0. The van der Waals surface area contributed by atoms with Crippen molar-refractivity contribution in [2.75, 3.05) is 0 Å². The first kappa shape index (κ1) is 12.9. The summed E-state index contributed by atoms with van der Waals surface area (Å²) in [5.41, 5.74) is 3.43. The Bertz CT molecular complexity index is 569. The molecule has 0 radical (unpaired) electrons. The van der Waals surface area contributed by atoms with Crippen LogP contribution in [0.25, 0.3) is 0 Å². The highest BCUT2D eigenvalue weighted by molar-refractivity contribution is 7.81. The van der Waals surface area contributed by atoms with E-state index in [4.69, 9.17) is 12.6 Å². The van der Waals surface area contributed by atoms with Crippen molar-refractivity contribution >= 4 is 12.6 Å². The lowest BCUT2D eigenvalue weighted by Crippen LogP contribution is -2.22. The maximum absolute atomic E-state index is 5.06. The molecule has 0 spiro atoms. The molecule has 0 unspecified atom stereocenters. The molecular formula is C18H15NS. The zero-order valence-corrected chi connectivity index (χ0v) is 11.9. The van der Waals surface area contributed by atoms with E-state index in [2.05, 4.69) is 29.2 Å². The van der Waals surface area contributed by atoms with Crippen LogP contribution < -0.4 is 0 Å². The molecule has 0 fully saturated rings. The van der Waals surface area contributed by atoms with Crippen molar-refractivity contribution in [3.05, 3.63) is 102 Å². The van der Waals surface area contributed by atoms with Crippen LogP contribution >= 0.6 is 12.6 Å². The van der Waals surface area contributed by atoms with Crippen molar-refractivity contribution in [1.82, 2.24) is 4.98 Å². The SMILES string of the molecule is SC(c1ccccc1)(c1ccccc1)c1ccncc1. The van der Waals surface area contributed by atoms with Crippen LogP contribution in [0.5, 0.6) is 0 Å². The second-order valence-corrected chi connectivity index (χ2v) is 5.35. The fourth-order valence-corrected chi connectivity index (χ4v) is 2.90. The highest BCUT2D eigenvalue weighted by Gasteiger charge is 2.31. The maximum Gasteiger partial charge on any atom is 0.0879 e. The average molecular weight is 277 g/mol. The summed E-state index contributed by atoms with van der Waals surface area (Å²) in [4.78, 5) is 4.11. The fourth-order valence-electron chi connectivity index (χ4n) is 2.45. The lowest BCUT2D eigenvalue weighted by molar-refractivity contribution is 0.900. The third-order valence-corrected chi connectivity index (χ3v) is 4.26. The smallest absolute Gasteiger partial charge is 0.0879 e. The van der Waals surface area contributed by atoms with E-state index in [9.17, 15) is 0 Å². The molecule has 3 aromatic rings. The van der Waals surface area contributed by atoms with Crippen LogP contribution in [-0.2, 0) is 4.75 Å². The van der Waals surface area contributed by atoms with E-state index < -0.39 is 4.75 Å². The maximum atomic E-state index is 5.06. The van der Waals surface area contributed by atoms with Gasteiger partial charge in [0, 0.05) is 12.4 Å². The topological polar surface area (TPSA) is 12.9 Å². The molecule has 20 heavy (non-hydrogen) atoms. The Labute approximate surface area is 124 Å². The molecular weight excluding hydrogens is 262 g/mol. The first-order valence-electron chi connectivity index (χ1n) is 6.56. The van der Waals surface area contributed by atoms with Gasteiger partial charge in [0.2, 0.25) is 0 Å². The second-order valence-electron chi connectivity index (χ2n) is 4.68. The van der Waals surface area contributed by atoms with Crippen LogP contribution in [0.15, 0.2) is 85.2 Å². The third kappa shape index (κ3) is 2.23. The molecule has 0 saturated carbocycles. The normalized spacial score (nSPS) is 11.2. The minimum atomic E-state index is -0.467. The summed E-state index contributed by atoms with van der Waals surface area (Å²) < 4.78 is -0.467. The Morgan fingerprint density at radius 2 is 1.00 bits per heavy atom. The van der Waals surface area contributed by atoms with Crippen molar-refractivity contribution in [3.63, 3.8) is 0 Å². The first-order valence-corrected chi connectivity index (χ1v) is 7.00. The molecule has 0 saturated heterocycles. The van der Waals surface area contributed by atoms with Crippen molar-refractivity contribution in [2.24, 2.45) is 0 Å². The minimum absolute atomic E-state index is 0.467. The van der Waals surface area contributed by atoms with E-state index in [0.29, 0.717) is 0 Å². The molecule has 2 aromatic carbocycles. The monoisotopic (exact) mass is 277 g/mol. The minimum Gasteiger partial charge on any atom is -0.265 e. The quantitative estimate of drug-likeness (QED) is 0.704. The molecule has 0 N–H and O–H groups in total. The molecule has 3 rings (SSSR count). The van der Waals surface area contributed by atoms with Gasteiger partial charge in [0.15, 0.2) is 0 Å². The van der Waals surface area contributed by atoms with Crippen molar-refractivity contribution < 1.29 is 0 Å². The van der Waals surface area contributed by atoms with Crippen molar-refractivity contribution in [3.8, 4) is 0 Å². The molecule has 0 atom stereocenters. The predicted octanol–water partition coefficient (Wildman–Crippen LogP) is 4.30. The molecule has 0 aliphatic heterocycles. The van der Waals surface area contributed by atoms with E-state index >= 15 is 0 Å². The number of nitrogens with zero attached hydrogens (tertiary/aromatic N) is 1. The van der Waals surface area contributed by atoms with Gasteiger partial charge < -0.3 is 0 Å². The highest BCUT2D eigenvalue weighted by Crippen LogP contribution is 2.42. The number of hydrogen-bond donors (Lipinski definition) is 1. The van der Waals surface area contributed by atoms with Gasteiger partial charge in [0.05, 0.1) is 4.75 Å². The van der Waals surface area contributed by atoms with Gasteiger partial charge in [0.1, 0.15) is 0 Å². The number of pyridine rings is 1. The first-order chi connectivity index (χ1) is 9.82. The lowest BCUT2D eigenvalue weighted by Gasteiger charge is -2.30. The van der Waals surface area contributed by atoms with Gasteiger partial charge in [-0.3, -0.25) is 4.98 Å². The van der Waals surface area contributed by atoms with Gasteiger partial charge in [-0.1, -0.05) is 60.7 Å². The largest absolute Gasteiger partial charge is 0.265 e. The van der Waals surface area contributed by atoms with Crippen LogP contribution in [0.4, 0.5) is 0 Å². The molecule has 0 bridgehead atoms. The number of rotatable bonds is 3. The van der Waals surface area contributed by atoms with Crippen molar-refractivity contribution in [2.45, 2.75) is 4.75 Å². The summed E-state index contributed by atoms with van der Waals surface area (Å²) >= 11 is 5.06. The zero-order chi connectivity index (χ0) is 13.8. The van der Waals surface area contributed by atoms with E-state index in [1.54, 1.807) is 0 Å². The van der Waals surface area contributed by atoms with Crippen molar-refractivity contribution in [1.29, 1.82) is 0 Å². The molecule has 0 amide bonds.